The molecule has 1 aliphatic carbocycles. The summed E-state index contributed by atoms with van der Waals surface area (Å²) in [5, 5.41) is 0. The van der Waals surface area contributed by atoms with Gasteiger partial charge in [-0.05, 0) is 60.9 Å². The molecule has 3 heterocycles. The number of ether oxygens (including phenoxy) is 1. The molecule has 4 aromatic rings. The third kappa shape index (κ3) is 4.25. The third-order valence-corrected chi connectivity index (χ3v) is 8.12. The first kappa shape index (κ1) is 22.8. The lowest BCUT2D eigenvalue weighted by molar-refractivity contribution is 0.122. The number of nitrogens with one attached hydrogen (secondary N) is 1. The largest absolute Gasteiger partial charge is 0.383 e. The van der Waals surface area contributed by atoms with E-state index in [-0.39, 0.29) is 16.8 Å². The summed E-state index contributed by atoms with van der Waals surface area (Å²) < 4.78 is 35.6. The number of fused-ring (bicyclic) bond motifs is 1. The van der Waals surface area contributed by atoms with Crippen LogP contribution in [0.25, 0.3) is 27.8 Å². The minimum atomic E-state index is -3.75. The smallest absolute Gasteiger partial charge is 0.244 e. The number of pyridine rings is 1. The van der Waals surface area contributed by atoms with Crippen molar-refractivity contribution in [2.24, 2.45) is 0 Å². The Hall–Kier alpha value is -3.67. The molecule has 2 aromatic carbocycles. The predicted octanol–water partition coefficient (Wildman–Crippen LogP) is 2.53. The molecule has 2 aliphatic rings. The van der Waals surface area contributed by atoms with Crippen LogP contribution in [0.5, 0.6) is 0 Å². The second-order valence-electron chi connectivity index (χ2n) is 9.13. The molecule has 1 saturated carbocycles. The number of nitrogens with two attached hydrogens (primary N) is 2. The monoisotopic (exact) mass is 505 g/mol. The Bertz CT molecular complexity index is 1540. The predicted molar refractivity (Wildman–Crippen MR) is 140 cm³/mol. The number of nitrogen functional groups attached to an aromatic ring is 2. The van der Waals surface area contributed by atoms with Crippen molar-refractivity contribution < 1.29 is 13.2 Å². The molecule has 2 aromatic heterocycles. The van der Waals surface area contributed by atoms with E-state index in [9.17, 15) is 8.42 Å². The Kier molecular flexibility index (Phi) is 5.55. The van der Waals surface area contributed by atoms with Gasteiger partial charge < -0.3 is 21.1 Å². The average Bonchev–Trinajstić information content (AvgIpc) is 3.63. The highest BCUT2D eigenvalue weighted by atomic mass is 32.2. The van der Waals surface area contributed by atoms with E-state index in [2.05, 4.69) is 31.7 Å². The molecular weight excluding hydrogens is 478 g/mol. The van der Waals surface area contributed by atoms with Crippen molar-refractivity contribution in [3.05, 3.63) is 54.7 Å². The topological polar surface area (TPSA) is 141 Å². The zero-order chi connectivity index (χ0) is 24.9. The van der Waals surface area contributed by atoms with E-state index in [1.165, 1.54) is 0 Å². The molecule has 0 atom stereocenters. The molecule has 1 saturated heterocycles. The van der Waals surface area contributed by atoms with Gasteiger partial charge in [-0.25, -0.2) is 23.1 Å². The van der Waals surface area contributed by atoms with Gasteiger partial charge in [0.05, 0.1) is 24.2 Å². The molecule has 11 heteroatoms. The van der Waals surface area contributed by atoms with Crippen LogP contribution in [0.15, 0.2) is 59.6 Å². The van der Waals surface area contributed by atoms with E-state index >= 15 is 0 Å². The zero-order valence-electron chi connectivity index (χ0n) is 19.6. The molecule has 1 aliphatic heterocycles. The summed E-state index contributed by atoms with van der Waals surface area (Å²) in [6.07, 6.45) is 3.25. The second kappa shape index (κ2) is 8.77. The maximum Gasteiger partial charge on any atom is 0.244 e. The highest BCUT2D eigenvalue weighted by Crippen LogP contribution is 2.31. The number of anilines is 3. The lowest BCUT2D eigenvalue weighted by atomic mass is 10.1. The number of hydrogen-bond donors (Lipinski definition) is 3. The van der Waals surface area contributed by atoms with Crippen molar-refractivity contribution in [3.63, 3.8) is 0 Å². The normalized spacial score (nSPS) is 16.5. The number of rotatable bonds is 6. The highest BCUT2D eigenvalue weighted by molar-refractivity contribution is 7.89. The number of sulfonamides is 1. The molecular formula is C25H27N7O3S. The molecule has 0 spiro atoms. The summed E-state index contributed by atoms with van der Waals surface area (Å²) >= 11 is 0. The number of hydrogen-bond acceptors (Lipinski definition) is 8. The molecule has 0 unspecified atom stereocenters. The van der Waals surface area contributed by atoms with Gasteiger partial charge in [0.2, 0.25) is 16.0 Å². The number of benzene rings is 2. The maximum atomic E-state index is 12.8. The van der Waals surface area contributed by atoms with Crippen molar-refractivity contribution in [2.75, 3.05) is 42.7 Å². The quantitative estimate of drug-likeness (QED) is 0.363. The number of imidazole rings is 1. The first-order valence-electron chi connectivity index (χ1n) is 11.9. The Labute approximate surface area is 208 Å². The standard InChI is InChI=1S/C25H27N7O3S/c26-24-23(36(33,34)30-18-2-3-18)14-17(15-28-24)16-1-8-21-22(13-16)32(25(27)29-21)20-6-4-19(5-7-20)31-9-11-35-12-10-31/h1,4-8,13-15,18,30H,2-3,9-12H2,(H2,26,28)(H2,27,29). The number of aromatic nitrogens is 3. The summed E-state index contributed by atoms with van der Waals surface area (Å²) in [7, 11) is -3.75. The van der Waals surface area contributed by atoms with Crippen LogP contribution in [0.4, 0.5) is 17.5 Å². The molecule has 186 valence electrons. The summed E-state index contributed by atoms with van der Waals surface area (Å²) in [6, 6.07) is 15.4. The van der Waals surface area contributed by atoms with Crippen LogP contribution in [-0.4, -0.2) is 55.3 Å². The molecule has 6 rings (SSSR count). The highest BCUT2D eigenvalue weighted by Gasteiger charge is 2.29. The SMILES string of the molecule is Nc1ncc(-c2ccc3nc(N)n(-c4ccc(N5CCOCC5)cc4)c3c2)cc1S(=O)(=O)NC1CC1. The van der Waals surface area contributed by atoms with Gasteiger partial charge in [0.15, 0.2) is 0 Å². The van der Waals surface area contributed by atoms with Crippen LogP contribution >= 0.6 is 0 Å². The van der Waals surface area contributed by atoms with Crippen LogP contribution in [-0.2, 0) is 14.8 Å². The van der Waals surface area contributed by atoms with E-state index in [0.717, 1.165) is 67.1 Å². The van der Waals surface area contributed by atoms with Gasteiger partial charge in [-0.3, -0.25) is 4.57 Å². The van der Waals surface area contributed by atoms with Gasteiger partial charge in [-0.2, -0.15) is 0 Å². The van der Waals surface area contributed by atoms with Crippen molar-refractivity contribution in [2.45, 2.75) is 23.8 Å². The van der Waals surface area contributed by atoms with E-state index in [4.69, 9.17) is 16.2 Å². The number of morpholine rings is 1. The molecule has 5 N–H and O–H groups in total. The van der Waals surface area contributed by atoms with Gasteiger partial charge >= 0.3 is 0 Å². The Morgan fingerprint density at radius 1 is 0.944 bits per heavy atom. The van der Waals surface area contributed by atoms with Crippen LogP contribution < -0.4 is 21.1 Å². The minimum Gasteiger partial charge on any atom is -0.383 e. The van der Waals surface area contributed by atoms with Crippen LogP contribution in [0, 0.1) is 0 Å². The molecule has 2 fully saturated rings. The van der Waals surface area contributed by atoms with E-state index in [0.29, 0.717) is 11.5 Å². The fourth-order valence-electron chi connectivity index (χ4n) is 4.49. The summed E-state index contributed by atoms with van der Waals surface area (Å²) in [6.45, 7) is 3.18. The maximum absolute atomic E-state index is 12.8. The molecule has 0 radical (unpaired) electrons. The van der Waals surface area contributed by atoms with Gasteiger partial charge in [-0.15, -0.1) is 0 Å². The number of nitrogens with zero attached hydrogens (tertiary/aromatic N) is 4. The van der Waals surface area contributed by atoms with Crippen molar-refractivity contribution >= 4 is 38.5 Å². The fourth-order valence-corrected chi connectivity index (χ4v) is 5.90. The van der Waals surface area contributed by atoms with Crippen molar-refractivity contribution in [1.29, 1.82) is 0 Å². The fraction of sp³-hybridized carbons (Fsp3) is 0.280. The lowest BCUT2D eigenvalue weighted by Crippen LogP contribution is -2.36. The van der Waals surface area contributed by atoms with Gasteiger partial charge in [-0.1, -0.05) is 6.07 Å². The zero-order valence-corrected chi connectivity index (χ0v) is 20.4. The van der Waals surface area contributed by atoms with E-state index in [1.807, 2.05) is 34.9 Å². The van der Waals surface area contributed by atoms with Gasteiger partial charge in [0, 0.05) is 42.3 Å². The molecule has 0 amide bonds. The van der Waals surface area contributed by atoms with Crippen LogP contribution in [0.2, 0.25) is 0 Å². The Morgan fingerprint density at radius 2 is 1.67 bits per heavy atom. The average molecular weight is 506 g/mol. The minimum absolute atomic E-state index is 0.0151. The van der Waals surface area contributed by atoms with E-state index in [1.54, 1.807) is 12.3 Å². The first-order valence-corrected chi connectivity index (χ1v) is 13.4. The van der Waals surface area contributed by atoms with Crippen molar-refractivity contribution in [3.8, 4) is 16.8 Å². The Morgan fingerprint density at radius 3 is 2.39 bits per heavy atom. The van der Waals surface area contributed by atoms with Gasteiger partial charge in [0.25, 0.3) is 0 Å². The molecule has 10 nitrogen and oxygen atoms in total. The Balaban J connectivity index is 1.37. The third-order valence-electron chi connectivity index (χ3n) is 6.57. The first-order chi connectivity index (χ1) is 17.4. The van der Waals surface area contributed by atoms with E-state index < -0.39 is 10.0 Å². The van der Waals surface area contributed by atoms with Crippen LogP contribution in [0.3, 0.4) is 0 Å². The van der Waals surface area contributed by atoms with Crippen molar-refractivity contribution in [1.82, 2.24) is 19.3 Å². The lowest BCUT2D eigenvalue weighted by Gasteiger charge is -2.29. The molecule has 36 heavy (non-hydrogen) atoms. The summed E-state index contributed by atoms with van der Waals surface area (Å²) in [5.74, 6) is 0.344. The van der Waals surface area contributed by atoms with Crippen LogP contribution in [0.1, 0.15) is 12.8 Å². The summed E-state index contributed by atoms with van der Waals surface area (Å²) in [5.41, 5.74) is 17.2. The van der Waals surface area contributed by atoms with Gasteiger partial charge in [0.1, 0.15) is 10.7 Å². The molecule has 0 bridgehead atoms. The summed E-state index contributed by atoms with van der Waals surface area (Å²) in [4.78, 5) is 11.0. The second-order valence-corrected chi connectivity index (χ2v) is 10.8.